The van der Waals surface area contributed by atoms with Crippen LogP contribution in [0.1, 0.15) is 6.92 Å². The van der Waals surface area contributed by atoms with Gasteiger partial charge in [0.05, 0.1) is 18.2 Å². The van der Waals surface area contributed by atoms with Crippen LogP contribution in [0.4, 0.5) is 0 Å². The van der Waals surface area contributed by atoms with Gasteiger partial charge in [-0.05, 0) is 31.2 Å². The molecule has 27 heavy (non-hydrogen) atoms. The Morgan fingerprint density at radius 1 is 1.15 bits per heavy atom. The van der Waals surface area contributed by atoms with E-state index in [1.54, 1.807) is 42.0 Å². The summed E-state index contributed by atoms with van der Waals surface area (Å²) >= 11 is 0. The largest absolute Gasteiger partial charge is 0.506 e. The van der Waals surface area contributed by atoms with Crippen LogP contribution in [0.2, 0.25) is 0 Å². The van der Waals surface area contributed by atoms with Crippen LogP contribution in [0.25, 0.3) is 33.7 Å². The number of hydrogen-bond donors (Lipinski definition) is 1. The first-order valence-electron chi connectivity index (χ1n) is 8.47. The molecule has 0 radical (unpaired) electrons. The van der Waals surface area contributed by atoms with Gasteiger partial charge in [0, 0.05) is 11.9 Å². The Balaban J connectivity index is 1.94. The van der Waals surface area contributed by atoms with Crippen LogP contribution < -0.4 is 10.3 Å². The Labute approximate surface area is 154 Å². The van der Waals surface area contributed by atoms with Crippen LogP contribution in [-0.4, -0.2) is 26.9 Å². The van der Waals surface area contributed by atoms with Crippen molar-refractivity contribution in [1.82, 2.24) is 14.7 Å². The van der Waals surface area contributed by atoms with E-state index in [-0.39, 0.29) is 28.6 Å². The minimum atomic E-state index is -0.385. The van der Waals surface area contributed by atoms with Crippen molar-refractivity contribution in [2.24, 2.45) is 0 Å². The van der Waals surface area contributed by atoms with E-state index >= 15 is 0 Å². The molecule has 7 nitrogen and oxygen atoms in total. The molecule has 0 spiro atoms. The SMILES string of the molecule is CCn1c(=O)c(-c2nc(-c3ccccc3OC)no2)c(O)c2ccccc21. The van der Waals surface area contributed by atoms with E-state index in [1.165, 1.54) is 0 Å². The third kappa shape index (κ3) is 2.64. The minimum absolute atomic E-state index is 0.0100. The highest BCUT2D eigenvalue weighted by molar-refractivity contribution is 5.91. The van der Waals surface area contributed by atoms with Crippen LogP contribution in [-0.2, 0) is 6.54 Å². The third-order valence-corrected chi connectivity index (χ3v) is 4.45. The highest BCUT2D eigenvalue weighted by Gasteiger charge is 2.23. The second-order valence-electron chi connectivity index (χ2n) is 5.91. The number of rotatable bonds is 4. The molecule has 0 atom stereocenters. The number of fused-ring (bicyclic) bond motifs is 1. The van der Waals surface area contributed by atoms with Crippen LogP contribution in [0.3, 0.4) is 0 Å². The predicted octanol–water partition coefficient (Wildman–Crippen LogP) is 3.45. The van der Waals surface area contributed by atoms with E-state index in [4.69, 9.17) is 9.26 Å². The molecule has 136 valence electrons. The van der Waals surface area contributed by atoms with Crippen molar-refractivity contribution in [3.05, 3.63) is 58.9 Å². The van der Waals surface area contributed by atoms with Gasteiger partial charge in [-0.15, -0.1) is 0 Å². The highest BCUT2D eigenvalue weighted by Crippen LogP contribution is 2.34. The van der Waals surface area contributed by atoms with Gasteiger partial charge in [-0.25, -0.2) is 0 Å². The lowest BCUT2D eigenvalue weighted by Crippen LogP contribution is -2.21. The molecule has 0 aliphatic carbocycles. The molecule has 4 aromatic rings. The van der Waals surface area contributed by atoms with E-state index in [2.05, 4.69) is 10.1 Å². The number of nitrogens with zero attached hydrogens (tertiary/aromatic N) is 3. The molecule has 0 aliphatic heterocycles. The van der Waals surface area contributed by atoms with E-state index in [0.29, 0.717) is 28.8 Å². The van der Waals surface area contributed by atoms with E-state index < -0.39 is 0 Å². The van der Waals surface area contributed by atoms with Gasteiger partial charge in [0.15, 0.2) is 0 Å². The number of para-hydroxylation sites is 2. The van der Waals surface area contributed by atoms with Gasteiger partial charge in [-0.2, -0.15) is 4.98 Å². The Morgan fingerprint density at radius 3 is 2.67 bits per heavy atom. The summed E-state index contributed by atoms with van der Waals surface area (Å²) in [7, 11) is 1.55. The third-order valence-electron chi connectivity index (χ3n) is 4.45. The van der Waals surface area contributed by atoms with Gasteiger partial charge in [-0.1, -0.05) is 29.4 Å². The number of methoxy groups -OCH3 is 1. The summed E-state index contributed by atoms with van der Waals surface area (Å²) in [6.45, 7) is 2.31. The highest BCUT2D eigenvalue weighted by atomic mass is 16.5. The molecule has 0 fully saturated rings. The molecule has 2 aromatic carbocycles. The monoisotopic (exact) mass is 363 g/mol. The van der Waals surface area contributed by atoms with Gasteiger partial charge >= 0.3 is 0 Å². The van der Waals surface area contributed by atoms with Crippen LogP contribution >= 0.6 is 0 Å². The number of aromatic hydroxyl groups is 1. The second-order valence-corrected chi connectivity index (χ2v) is 5.91. The maximum absolute atomic E-state index is 13.0. The summed E-state index contributed by atoms with van der Waals surface area (Å²) in [5.41, 5.74) is 0.884. The van der Waals surface area contributed by atoms with Crippen LogP contribution in [0, 0.1) is 0 Å². The van der Waals surface area contributed by atoms with Gasteiger partial charge in [-0.3, -0.25) is 4.79 Å². The summed E-state index contributed by atoms with van der Waals surface area (Å²) in [5.74, 6) is 0.651. The van der Waals surface area contributed by atoms with Gasteiger partial charge < -0.3 is 18.9 Å². The molecule has 0 aliphatic rings. The topological polar surface area (TPSA) is 90.4 Å². The van der Waals surface area contributed by atoms with Crippen molar-refractivity contribution in [1.29, 1.82) is 0 Å². The second kappa shape index (κ2) is 6.60. The zero-order chi connectivity index (χ0) is 19.0. The van der Waals surface area contributed by atoms with E-state index in [1.807, 2.05) is 25.1 Å². The average Bonchev–Trinajstić information content (AvgIpc) is 3.18. The summed E-state index contributed by atoms with van der Waals surface area (Å²) < 4.78 is 12.2. The number of hydrogen-bond acceptors (Lipinski definition) is 6. The molecule has 2 heterocycles. The van der Waals surface area contributed by atoms with Gasteiger partial charge in [0.25, 0.3) is 11.4 Å². The van der Waals surface area contributed by atoms with Crippen molar-refractivity contribution >= 4 is 10.9 Å². The first-order chi connectivity index (χ1) is 13.2. The minimum Gasteiger partial charge on any atom is -0.506 e. The molecule has 0 unspecified atom stereocenters. The maximum atomic E-state index is 13.0. The van der Waals surface area contributed by atoms with Crippen molar-refractivity contribution in [2.45, 2.75) is 13.5 Å². The summed E-state index contributed by atoms with van der Waals surface area (Å²) in [4.78, 5) is 17.3. The number of benzene rings is 2. The fourth-order valence-corrected chi connectivity index (χ4v) is 3.16. The molecule has 0 saturated heterocycles. The maximum Gasteiger partial charge on any atom is 0.267 e. The first kappa shape index (κ1) is 16.8. The zero-order valence-corrected chi connectivity index (χ0v) is 14.8. The zero-order valence-electron chi connectivity index (χ0n) is 14.8. The Bertz CT molecular complexity index is 1190. The first-order valence-corrected chi connectivity index (χ1v) is 8.47. The lowest BCUT2D eigenvalue weighted by atomic mass is 10.1. The summed E-state index contributed by atoms with van der Waals surface area (Å²) in [6, 6.07) is 14.4. The van der Waals surface area contributed by atoms with Crippen molar-refractivity contribution < 1.29 is 14.4 Å². The molecule has 0 bridgehead atoms. The average molecular weight is 363 g/mol. The quantitative estimate of drug-likeness (QED) is 0.597. The van der Waals surface area contributed by atoms with Gasteiger partial charge in [0.1, 0.15) is 17.1 Å². The Morgan fingerprint density at radius 2 is 1.89 bits per heavy atom. The molecule has 4 rings (SSSR count). The summed E-state index contributed by atoms with van der Waals surface area (Å²) in [5, 5.41) is 15.2. The van der Waals surface area contributed by atoms with Crippen LogP contribution in [0.15, 0.2) is 57.8 Å². The summed E-state index contributed by atoms with van der Waals surface area (Å²) in [6.07, 6.45) is 0. The molecule has 0 saturated carbocycles. The molecule has 1 N–H and O–H groups in total. The lowest BCUT2D eigenvalue weighted by Gasteiger charge is -2.11. The lowest BCUT2D eigenvalue weighted by molar-refractivity contribution is 0.412. The van der Waals surface area contributed by atoms with Crippen molar-refractivity contribution in [2.75, 3.05) is 7.11 Å². The number of ether oxygens (including phenoxy) is 1. The predicted molar refractivity (Wildman–Crippen MR) is 101 cm³/mol. The Kier molecular flexibility index (Phi) is 4.12. The Hall–Kier alpha value is -3.61. The van der Waals surface area contributed by atoms with Crippen molar-refractivity contribution in [3.63, 3.8) is 0 Å². The van der Waals surface area contributed by atoms with Crippen molar-refractivity contribution in [3.8, 4) is 34.3 Å². The molecule has 7 heteroatoms. The van der Waals surface area contributed by atoms with Crippen LogP contribution in [0.5, 0.6) is 11.5 Å². The number of pyridine rings is 1. The fraction of sp³-hybridized carbons (Fsp3) is 0.150. The van der Waals surface area contributed by atoms with Gasteiger partial charge in [0.2, 0.25) is 5.82 Å². The van der Waals surface area contributed by atoms with E-state index in [9.17, 15) is 9.90 Å². The standard InChI is InChI=1S/C20H17N3O4/c1-3-23-14-10-6-4-8-12(14)17(24)16(20(23)25)19-21-18(22-27-19)13-9-5-7-11-15(13)26-2/h4-11,24H,3H2,1-2H3. The number of aryl methyl sites for hydroxylation is 1. The number of aromatic nitrogens is 3. The van der Waals surface area contributed by atoms with E-state index in [0.717, 1.165) is 0 Å². The molecular weight excluding hydrogens is 346 g/mol. The molecule has 0 amide bonds. The molecule has 2 aromatic heterocycles. The smallest absolute Gasteiger partial charge is 0.267 e. The molecular formula is C20H17N3O4. The fourth-order valence-electron chi connectivity index (χ4n) is 3.16. The normalized spacial score (nSPS) is 11.0.